The Morgan fingerprint density at radius 1 is 1.41 bits per heavy atom. The largest absolute Gasteiger partial charge is 0.417 e. The van der Waals surface area contributed by atoms with Gasteiger partial charge in [-0.3, -0.25) is 0 Å². The molecule has 1 aliphatic carbocycles. The van der Waals surface area contributed by atoms with Gasteiger partial charge in [0.25, 0.3) is 5.92 Å². The highest BCUT2D eigenvalue weighted by Gasteiger charge is 2.60. The Bertz CT molecular complexity index is 677. The number of hydrogen-bond acceptors (Lipinski definition) is 4. The fourth-order valence-corrected chi connectivity index (χ4v) is 3.65. The van der Waals surface area contributed by atoms with Crippen LogP contribution in [0.15, 0.2) is 18.3 Å². The van der Waals surface area contributed by atoms with Crippen LogP contribution in [0.25, 0.3) is 0 Å². The number of nitrogens with zero attached hydrogens (tertiary/aromatic N) is 1. The summed E-state index contributed by atoms with van der Waals surface area (Å²) in [5.41, 5.74) is -0.975. The Hall–Kier alpha value is -2.10. The molecule has 27 heavy (non-hydrogen) atoms. The second-order valence-corrected chi connectivity index (χ2v) is 6.80. The molecule has 0 bridgehead atoms. The smallest absolute Gasteiger partial charge is 0.388 e. The Morgan fingerprint density at radius 3 is 2.93 bits per heavy atom. The molecule has 1 saturated heterocycles. The summed E-state index contributed by atoms with van der Waals surface area (Å²) < 4.78 is 62.4. The van der Waals surface area contributed by atoms with E-state index in [4.69, 9.17) is 4.74 Å². The van der Waals surface area contributed by atoms with E-state index < -0.39 is 30.2 Å². The molecule has 6 nitrogen and oxygen atoms in total. The summed E-state index contributed by atoms with van der Waals surface area (Å²) >= 11 is 0. The summed E-state index contributed by atoms with van der Waals surface area (Å²) in [6, 6.07) is 1.89. The van der Waals surface area contributed by atoms with Gasteiger partial charge in [0.05, 0.1) is 0 Å². The minimum Gasteiger partial charge on any atom is -0.417 e. The van der Waals surface area contributed by atoms with Crippen LogP contribution in [0.5, 0.6) is 5.88 Å². The van der Waals surface area contributed by atoms with Gasteiger partial charge in [-0.05, 0) is 30.9 Å². The minimum atomic E-state index is -2.99. The molecule has 1 aromatic heterocycles. The molecule has 0 aromatic carbocycles. The van der Waals surface area contributed by atoms with Crippen LogP contribution in [0, 0.1) is 0 Å². The van der Waals surface area contributed by atoms with Crippen LogP contribution >= 0.6 is 0 Å². The summed E-state index contributed by atoms with van der Waals surface area (Å²) in [7, 11) is 0. The van der Waals surface area contributed by atoms with Gasteiger partial charge >= 0.3 is 12.6 Å². The molecule has 10 heteroatoms. The lowest BCUT2D eigenvalue weighted by Gasteiger charge is -2.41. The molecule has 2 fully saturated rings. The second-order valence-electron chi connectivity index (χ2n) is 6.80. The van der Waals surface area contributed by atoms with Gasteiger partial charge in [-0.2, -0.15) is 8.78 Å². The number of ether oxygens (including phenoxy) is 2. The van der Waals surface area contributed by atoms with E-state index in [-0.39, 0.29) is 38.3 Å². The number of nitrogens with one attached hydrogen (secondary N) is 2. The number of aromatic nitrogens is 1. The van der Waals surface area contributed by atoms with Gasteiger partial charge in [-0.15, -0.1) is 0 Å². The molecular formula is C17H21F4N3O3. The quantitative estimate of drug-likeness (QED) is 0.756. The zero-order valence-electron chi connectivity index (χ0n) is 14.5. The first-order chi connectivity index (χ1) is 12.8. The summed E-state index contributed by atoms with van der Waals surface area (Å²) in [5, 5.41) is 5.27. The molecule has 1 aromatic rings. The van der Waals surface area contributed by atoms with Crippen LogP contribution in [0.3, 0.4) is 0 Å². The average molecular weight is 391 g/mol. The van der Waals surface area contributed by atoms with Crippen molar-refractivity contribution < 1.29 is 31.8 Å². The van der Waals surface area contributed by atoms with Gasteiger partial charge in [0.15, 0.2) is 0 Å². The summed E-state index contributed by atoms with van der Waals surface area (Å²) in [6.45, 7) is -2.77. The van der Waals surface area contributed by atoms with E-state index in [0.717, 1.165) is 0 Å². The average Bonchev–Trinajstić information content (AvgIpc) is 2.87. The van der Waals surface area contributed by atoms with Crippen molar-refractivity contribution in [3.63, 3.8) is 0 Å². The second kappa shape index (κ2) is 7.87. The summed E-state index contributed by atoms with van der Waals surface area (Å²) in [5.74, 6) is -3.14. The molecule has 2 atom stereocenters. The van der Waals surface area contributed by atoms with Crippen molar-refractivity contribution in [3.05, 3.63) is 23.9 Å². The van der Waals surface area contributed by atoms with Crippen molar-refractivity contribution in [2.24, 2.45) is 0 Å². The maximum Gasteiger partial charge on any atom is 0.388 e. The first-order valence-electron chi connectivity index (χ1n) is 8.76. The predicted octanol–water partition coefficient (Wildman–Crippen LogP) is 3.22. The standard InChI is InChI=1S/C17H21F4N3O3/c18-14(19)27-13-8-11(2-6-22-13)10-23-15(25)24-12-3-7-26-16(9-12)4-1-5-17(16,20)21/h2,6,8,12,14H,1,3-5,7,9-10H2,(H2,23,24,25). The normalized spacial score (nSPS) is 26.9. The van der Waals surface area contributed by atoms with Gasteiger partial charge in [0, 0.05) is 44.3 Å². The third-order valence-corrected chi connectivity index (χ3v) is 4.96. The van der Waals surface area contributed by atoms with Gasteiger partial charge < -0.3 is 20.1 Å². The first kappa shape index (κ1) is 19.7. The van der Waals surface area contributed by atoms with Gasteiger partial charge in [-0.1, -0.05) is 0 Å². The lowest BCUT2D eigenvalue weighted by Crippen LogP contribution is -2.56. The first-order valence-corrected chi connectivity index (χ1v) is 8.76. The maximum atomic E-state index is 14.2. The van der Waals surface area contributed by atoms with Crippen molar-refractivity contribution in [1.82, 2.24) is 15.6 Å². The van der Waals surface area contributed by atoms with E-state index in [0.29, 0.717) is 18.4 Å². The van der Waals surface area contributed by atoms with Crippen molar-refractivity contribution in [3.8, 4) is 5.88 Å². The number of hydrogen-bond donors (Lipinski definition) is 2. The highest BCUT2D eigenvalue weighted by molar-refractivity contribution is 5.74. The molecule has 2 N–H and O–H groups in total. The molecule has 1 aliphatic heterocycles. The highest BCUT2D eigenvalue weighted by Crippen LogP contribution is 2.50. The van der Waals surface area contributed by atoms with E-state index in [1.54, 1.807) is 6.07 Å². The number of urea groups is 1. The Balaban J connectivity index is 1.51. The number of pyridine rings is 1. The van der Waals surface area contributed by atoms with Crippen LogP contribution in [0.2, 0.25) is 0 Å². The third-order valence-electron chi connectivity index (χ3n) is 4.96. The van der Waals surface area contributed by atoms with E-state index >= 15 is 0 Å². The Morgan fingerprint density at radius 2 is 2.22 bits per heavy atom. The van der Waals surface area contributed by atoms with Crippen molar-refractivity contribution in [2.45, 2.75) is 62.8 Å². The molecule has 2 amide bonds. The minimum absolute atomic E-state index is 0.0540. The molecule has 1 spiro atoms. The Kier molecular flexibility index (Phi) is 5.73. The van der Waals surface area contributed by atoms with Crippen molar-refractivity contribution in [2.75, 3.05) is 6.61 Å². The monoisotopic (exact) mass is 391 g/mol. The molecule has 1 saturated carbocycles. The number of amides is 2. The van der Waals surface area contributed by atoms with Crippen LogP contribution in [-0.4, -0.2) is 41.8 Å². The number of alkyl halides is 4. The zero-order chi connectivity index (χ0) is 19.5. The molecule has 2 unspecified atom stereocenters. The molecule has 150 valence electrons. The highest BCUT2D eigenvalue weighted by atomic mass is 19.3. The fourth-order valence-electron chi connectivity index (χ4n) is 3.65. The topological polar surface area (TPSA) is 72.5 Å². The molecule has 3 rings (SSSR count). The van der Waals surface area contributed by atoms with E-state index in [2.05, 4.69) is 20.4 Å². The SMILES string of the molecule is O=C(NCc1ccnc(OC(F)F)c1)NC1CCOC2(CCCC2(F)F)C1. The number of halogens is 4. The van der Waals surface area contributed by atoms with Gasteiger partial charge in [0.2, 0.25) is 5.88 Å². The number of carbonyl (C=O) groups is 1. The van der Waals surface area contributed by atoms with Crippen LogP contribution in [0.1, 0.15) is 37.7 Å². The maximum absolute atomic E-state index is 14.2. The van der Waals surface area contributed by atoms with E-state index in [1.807, 2.05) is 0 Å². The number of carbonyl (C=O) groups excluding carboxylic acids is 1. The van der Waals surface area contributed by atoms with Crippen LogP contribution in [-0.2, 0) is 11.3 Å². The predicted molar refractivity (Wildman–Crippen MR) is 86.7 cm³/mol. The summed E-state index contributed by atoms with van der Waals surface area (Å²) in [4.78, 5) is 15.7. The molecule has 2 aliphatic rings. The zero-order valence-corrected chi connectivity index (χ0v) is 14.5. The third kappa shape index (κ3) is 4.60. The summed E-state index contributed by atoms with van der Waals surface area (Å²) in [6.07, 6.45) is 2.29. The van der Waals surface area contributed by atoms with Gasteiger partial charge in [0.1, 0.15) is 5.60 Å². The van der Waals surface area contributed by atoms with Crippen molar-refractivity contribution in [1.29, 1.82) is 0 Å². The Labute approximate surface area is 153 Å². The van der Waals surface area contributed by atoms with Crippen molar-refractivity contribution >= 4 is 6.03 Å². The van der Waals surface area contributed by atoms with E-state index in [9.17, 15) is 22.4 Å². The van der Waals surface area contributed by atoms with Gasteiger partial charge in [-0.25, -0.2) is 18.6 Å². The molecule has 0 radical (unpaired) electrons. The van der Waals surface area contributed by atoms with Crippen LogP contribution in [0.4, 0.5) is 22.4 Å². The number of rotatable bonds is 5. The fraction of sp³-hybridized carbons (Fsp3) is 0.647. The lowest BCUT2D eigenvalue weighted by molar-refractivity contribution is -0.211. The molecule has 2 heterocycles. The van der Waals surface area contributed by atoms with E-state index in [1.165, 1.54) is 12.3 Å². The lowest BCUT2D eigenvalue weighted by atomic mass is 9.86. The van der Waals surface area contributed by atoms with Crippen LogP contribution < -0.4 is 15.4 Å². The molecular weight excluding hydrogens is 370 g/mol.